The smallest absolute Gasteiger partial charge is 0.140 e. The van der Waals surface area contributed by atoms with Crippen LogP contribution >= 0.6 is 0 Å². The van der Waals surface area contributed by atoms with Crippen LogP contribution in [0.2, 0.25) is 0 Å². The summed E-state index contributed by atoms with van der Waals surface area (Å²) in [6.07, 6.45) is 10.4. The molecule has 4 rings (SSSR count). The number of allylic oxidation sites excluding steroid dienone is 2. The Morgan fingerprint density at radius 3 is 2.75 bits per heavy atom. The second-order valence-electron chi connectivity index (χ2n) is 7.65. The van der Waals surface area contributed by atoms with Crippen LogP contribution in [0.5, 0.6) is 0 Å². The molecule has 0 spiro atoms. The summed E-state index contributed by atoms with van der Waals surface area (Å²) in [4.78, 5) is 24.7. The van der Waals surface area contributed by atoms with Crippen LogP contribution in [0.25, 0.3) is 0 Å². The van der Waals surface area contributed by atoms with Crippen LogP contribution in [0.1, 0.15) is 58.3 Å². The van der Waals surface area contributed by atoms with Gasteiger partial charge in [0.05, 0.1) is 0 Å². The molecule has 4 aliphatic rings. The third-order valence-electron chi connectivity index (χ3n) is 6.94. The number of fused-ring (bicyclic) bond motifs is 5. The third kappa shape index (κ3) is 1.57. The van der Waals surface area contributed by atoms with Gasteiger partial charge in [0.2, 0.25) is 0 Å². The summed E-state index contributed by atoms with van der Waals surface area (Å²) in [5.74, 6) is 2.95. The lowest BCUT2D eigenvalue weighted by atomic mass is 9.52. The van der Waals surface area contributed by atoms with Gasteiger partial charge in [0.25, 0.3) is 0 Å². The zero-order valence-electron chi connectivity index (χ0n) is 12.4. The Hall–Kier alpha value is -0.920. The van der Waals surface area contributed by atoms with Gasteiger partial charge in [0.1, 0.15) is 11.6 Å². The van der Waals surface area contributed by atoms with Gasteiger partial charge in [-0.1, -0.05) is 18.6 Å². The molecular weight excluding hydrogens is 248 g/mol. The van der Waals surface area contributed by atoms with E-state index >= 15 is 0 Å². The fraction of sp³-hybridized carbons (Fsp3) is 0.778. The molecule has 0 unspecified atom stereocenters. The monoisotopic (exact) mass is 272 g/mol. The maximum absolute atomic E-state index is 12.4. The summed E-state index contributed by atoms with van der Waals surface area (Å²) in [5, 5.41) is 0. The molecule has 0 heterocycles. The maximum atomic E-state index is 12.4. The van der Waals surface area contributed by atoms with E-state index in [-0.39, 0.29) is 11.3 Å². The van der Waals surface area contributed by atoms with Gasteiger partial charge in [-0.25, -0.2) is 0 Å². The lowest BCUT2D eigenvalue weighted by Gasteiger charge is -2.51. The molecular formula is C18H24O2. The first-order chi connectivity index (χ1) is 9.61. The highest BCUT2D eigenvalue weighted by Gasteiger charge is 2.56. The summed E-state index contributed by atoms with van der Waals surface area (Å²) in [6, 6.07) is 0. The Bertz CT molecular complexity index is 504. The van der Waals surface area contributed by atoms with Gasteiger partial charge in [-0.3, -0.25) is 9.59 Å². The van der Waals surface area contributed by atoms with E-state index in [4.69, 9.17) is 0 Å². The van der Waals surface area contributed by atoms with Crippen LogP contribution in [0.3, 0.4) is 0 Å². The highest BCUT2D eigenvalue weighted by Crippen LogP contribution is 2.60. The molecule has 108 valence electrons. The number of hydrogen-bond donors (Lipinski definition) is 0. The van der Waals surface area contributed by atoms with Crippen LogP contribution in [0, 0.1) is 29.1 Å². The minimum Gasteiger partial charge on any atom is -0.299 e. The van der Waals surface area contributed by atoms with Gasteiger partial charge < -0.3 is 0 Å². The molecule has 0 aromatic carbocycles. The van der Waals surface area contributed by atoms with Crippen molar-refractivity contribution in [2.45, 2.75) is 58.3 Å². The molecule has 5 atom stereocenters. The van der Waals surface area contributed by atoms with Crippen molar-refractivity contribution in [1.82, 2.24) is 0 Å². The number of Topliss-reactive ketones (excluding diaryl/α,β-unsaturated/α-hetero) is 2. The lowest BCUT2D eigenvalue weighted by Crippen LogP contribution is -2.48. The Morgan fingerprint density at radius 2 is 1.90 bits per heavy atom. The van der Waals surface area contributed by atoms with Crippen molar-refractivity contribution in [2.24, 2.45) is 29.1 Å². The van der Waals surface area contributed by atoms with E-state index in [9.17, 15) is 9.59 Å². The second kappa shape index (κ2) is 4.29. The van der Waals surface area contributed by atoms with E-state index in [1.165, 1.54) is 12.0 Å². The molecule has 0 aromatic heterocycles. The first-order valence-corrected chi connectivity index (χ1v) is 8.36. The molecule has 0 aliphatic heterocycles. The van der Waals surface area contributed by atoms with Crippen LogP contribution in [-0.4, -0.2) is 11.6 Å². The van der Waals surface area contributed by atoms with Gasteiger partial charge >= 0.3 is 0 Å². The summed E-state index contributed by atoms with van der Waals surface area (Å²) in [6.45, 7) is 2.21. The summed E-state index contributed by atoms with van der Waals surface area (Å²) >= 11 is 0. The topological polar surface area (TPSA) is 34.1 Å². The molecule has 0 radical (unpaired) electrons. The highest BCUT2D eigenvalue weighted by atomic mass is 16.1. The fourth-order valence-corrected chi connectivity index (χ4v) is 5.91. The van der Waals surface area contributed by atoms with Gasteiger partial charge in [0.15, 0.2) is 0 Å². The molecule has 0 N–H and O–H groups in total. The number of rotatable bonds is 0. The summed E-state index contributed by atoms with van der Waals surface area (Å²) in [7, 11) is 0. The average Bonchev–Trinajstić information content (AvgIpc) is 2.75. The first kappa shape index (κ1) is 12.8. The van der Waals surface area contributed by atoms with E-state index in [1.807, 2.05) is 0 Å². The van der Waals surface area contributed by atoms with Gasteiger partial charge in [-0.15, -0.1) is 0 Å². The lowest BCUT2D eigenvalue weighted by molar-refractivity contribution is -0.133. The molecule has 2 nitrogen and oxygen atoms in total. The minimum atomic E-state index is -0.0555. The number of carbonyl (C=O) groups excluding carboxylic acids is 2. The SMILES string of the molecule is C[C@]12CC[C@@H]3[C@H]4C(=O)CCC=C4CC[C@H]3[C@@H]1CCC2=O. The number of carbonyl (C=O) groups is 2. The highest BCUT2D eigenvalue weighted by molar-refractivity contribution is 5.88. The number of ketones is 2. The molecule has 4 aliphatic carbocycles. The molecule has 0 aromatic rings. The first-order valence-electron chi connectivity index (χ1n) is 8.36. The normalized spacial score (nSPS) is 47.4. The standard InChI is InChI=1S/C18H24O2/c1-18-10-9-13-12(14(18)7-8-16(18)20)6-5-11-3-2-4-15(19)17(11)13/h3,12-14,17H,2,4-10H2,1H3/t12-,13+,14+,17+,18+/m1/s1. The quantitative estimate of drug-likeness (QED) is 0.630. The molecule has 20 heavy (non-hydrogen) atoms. The number of hydrogen-bond acceptors (Lipinski definition) is 2. The van der Waals surface area contributed by atoms with Crippen molar-refractivity contribution in [3.63, 3.8) is 0 Å². The average molecular weight is 272 g/mol. The van der Waals surface area contributed by atoms with Crippen molar-refractivity contribution in [3.8, 4) is 0 Å². The van der Waals surface area contributed by atoms with Crippen molar-refractivity contribution in [1.29, 1.82) is 0 Å². The van der Waals surface area contributed by atoms with Gasteiger partial charge in [-0.2, -0.15) is 0 Å². The van der Waals surface area contributed by atoms with Crippen molar-refractivity contribution < 1.29 is 9.59 Å². The van der Waals surface area contributed by atoms with Gasteiger partial charge in [-0.05, 0) is 56.3 Å². The maximum Gasteiger partial charge on any atom is 0.140 e. The Morgan fingerprint density at radius 1 is 1.05 bits per heavy atom. The molecule has 0 amide bonds. The van der Waals surface area contributed by atoms with E-state index in [0.29, 0.717) is 29.3 Å². The Kier molecular flexibility index (Phi) is 2.74. The molecule has 3 saturated carbocycles. The Balaban J connectivity index is 1.68. The predicted molar refractivity (Wildman–Crippen MR) is 77.1 cm³/mol. The van der Waals surface area contributed by atoms with Crippen LogP contribution in [0.4, 0.5) is 0 Å². The van der Waals surface area contributed by atoms with Crippen molar-refractivity contribution in [3.05, 3.63) is 11.6 Å². The van der Waals surface area contributed by atoms with Crippen molar-refractivity contribution >= 4 is 11.6 Å². The summed E-state index contributed by atoms with van der Waals surface area (Å²) < 4.78 is 0. The predicted octanol–water partition coefficient (Wildman–Crippen LogP) is 3.70. The molecule has 0 saturated heterocycles. The van der Waals surface area contributed by atoms with Crippen LogP contribution in [0.15, 0.2) is 11.6 Å². The van der Waals surface area contributed by atoms with Crippen LogP contribution < -0.4 is 0 Å². The van der Waals surface area contributed by atoms with Crippen LogP contribution in [-0.2, 0) is 9.59 Å². The molecule has 0 bridgehead atoms. The Labute approximate surface area is 121 Å². The second-order valence-corrected chi connectivity index (χ2v) is 7.65. The van der Waals surface area contributed by atoms with E-state index in [0.717, 1.165) is 44.9 Å². The zero-order valence-corrected chi connectivity index (χ0v) is 12.4. The largest absolute Gasteiger partial charge is 0.299 e. The van der Waals surface area contributed by atoms with E-state index < -0.39 is 0 Å². The van der Waals surface area contributed by atoms with Crippen molar-refractivity contribution in [2.75, 3.05) is 0 Å². The molecule has 3 fully saturated rings. The van der Waals surface area contributed by atoms with E-state index in [2.05, 4.69) is 13.0 Å². The summed E-state index contributed by atoms with van der Waals surface area (Å²) in [5.41, 5.74) is 1.38. The molecule has 2 heteroatoms. The minimum absolute atomic E-state index is 0.0555. The third-order valence-corrected chi connectivity index (χ3v) is 6.94. The van der Waals surface area contributed by atoms with E-state index in [1.54, 1.807) is 0 Å². The fourth-order valence-electron chi connectivity index (χ4n) is 5.91. The zero-order chi connectivity index (χ0) is 13.9. The van der Waals surface area contributed by atoms with Gasteiger partial charge in [0, 0.05) is 24.2 Å².